The first kappa shape index (κ1) is 101. The molecule has 0 radical (unpaired) electrons. The van der Waals surface area contributed by atoms with Crippen LogP contribution in [0.1, 0.15) is 154 Å². The van der Waals surface area contributed by atoms with Crippen LogP contribution < -0.4 is 80.1 Å². The number of halogens is 5. The number of benzene rings is 6. The smallest absolute Gasteiger partial charge is 0.508 e. The number of alkyl halides is 2. The number of carbonyl (C=O) groups excluding carboxylic acids is 7. The number of ether oxygens (including phenoxy) is 7. The third-order valence-corrected chi connectivity index (χ3v) is 15.5. The van der Waals surface area contributed by atoms with Gasteiger partial charge >= 0.3 is 89.3 Å². The number of carbonyl (C=O) groups is 7. The molecule has 3 aliphatic heterocycles. The Hall–Kier alpha value is -7.47. The maximum absolute atomic E-state index is 13.8. The van der Waals surface area contributed by atoms with E-state index >= 15 is 0 Å². The molecule has 0 unspecified atom stereocenters. The summed E-state index contributed by atoms with van der Waals surface area (Å²) in [5, 5.41) is 24.0. The zero-order valence-electron chi connectivity index (χ0n) is 64.9. The van der Waals surface area contributed by atoms with Crippen LogP contribution in [0.2, 0.25) is 0 Å². The molecule has 576 valence electrons. The molecule has 9 rings (SSSR count). The molecule has 3 aliphatic rings. The number of aromatic hydroxyl groups is 1. The van der Waals surface area contributed by atoms with Gasteiger partial charge in [-0.1, -0.05) is 107 Å². The molecule has 0 spiro atoms. The molecule has 106 heavy (non-hydrogen) atoms. The zero-order chi connectivity index (χ0) is 77.8. The number of phenols is 1. The topological polar surface area (TPSA) is 307 Å². The van der Waals surface area contributed by atoms with Crippen molar-refractivity contribution in [3.8, 4) is 17.2 Å². The largest absolute Gasteiger partial charge is 1.00 e. The van der Waals surface area contributed by atoms with E-state index in [1.165, 1.54) is 47.1 Å². The van der Waals surface area contributed by atoms with E-state index in [-0.39, 0.29) is 135 Å². The minimum Gasteiger partial charge on any atom is -0.508 e. The van der Waals surface area contributed by atoms with E-state index in [2.05, 4.69) is 21.7 Å². The third kappa shape index (κ3) is 33.8. The van der Waals surface area contributed by atoms with Gasteiger partial charge in [0.25, 0.3) is 0 Å². The van der Waals surface area contributed by atoms with Crippen molar-refractivity contribution in [1.82, 2.24) is 14.7 Å². The molecule has 6 aromatic carbocycles. The molecule has 6 aromatic rings. The SMILES string of the molecule is CC(C)(C)OC(=O)N1[C@@H](c2ccc(OCc3ccccc3F)cc2)CC[C@H]1C(N)=O.CO.CO.COC(=O)[C@@H]1CC[C@H](c2ccc(O)cc2)N1C(=O)OC(C)(C)C.COC(=O)[C@@H]1CC[C@H](c2ccc(OCc3ccccc3F)cc2)N1C(=O)OC(C)(C)C.Fc1ccccc1CBr.NC=O.[2H]CF.[CH3-].[CH3-].[Na+].[Na+]. The van der Waals surface area contributed by atoms with Crippen LogP contribution in [0.25, 0.3) is 0 Å². The maximum atomic E-state index is 13.8. The van der Waals surface area contributed by atoms with Crippen LogP contribution in [-0.4, -0.2) is 143 Å². The number of aliphatic hydroxyl groups is 2. The van der Waals surface area contributed by atoms with Gasteiger partial charge in [-0.25, -0.2) is 37.1 Å². The van der Waals surface area contributed by atoms with Crippen LogP contribution in [0, 0.1) is 32.3 Å². The first-order valence-electron chi connectivity index (χ1n) is 32.9. The number of hydrogen-bond donors (Lipinski definition) is 5. The molecule has 22 nitrogen and oxygen atoms in total. The van der Waals surface area contributed by atoms with E-state index < -0.39 is 78.2 Å². The second-order valence-corrected chi connectivity index (χ2v) is 25.8. The normalized spacial score (nSPS) is 16.6. The molecule has 3 fully saturated rings. The van der Waals surface area contributed by atoms with Crippen molar-refractivity contribution in [2.45, 2.75) is 172 Å². The van der Waals surface area contributed by atoms with Gasteiger partial charge in [0, 0.05) is 30.7 Å². The molecule has 5 amide bonds. The monoisotopic (exact) mass is 1570 g/mol. The molecular weight excluding hydrogens is 1470 g/mol. The number of methoxy groups -OCH3 is 2. The number of rotatable bonds is 13. The number of phenolic OH excluding ortho intramolecular Hbond substituents is 1. The Balaban J connectivity index is -0.00000134. The number of hydrogen-bond acceptors (Lipinski definition) is 17. The van der Waals surface area contributed by atoms with E-state index in [9.17, 15) is 51.4 Å². The van der Waals surface area contributed by atoms with E-state index in [1.54, 1.807) is 159 Å². The van der Waals surface area contributed by atoms with E-state index in [1.807, 2.05) is 30.3 Å². The minimum atomic E-state index is -1.00. The Morgan fingerprint density at radius 3 is 1.00 bits per heavy atom. The van der Waals surface area contributed by atoms with Crippen molar-refractivity contribution in [3.05, 3.63) is 211 Å². The number of nitrogens with zero attached hydrogens (tertiary/aromatic N) is 3. The average molecular weight is 1570 g/mol. The zero-order valence-corrected chi connectivity index (χ0v) is 69.5. The Morgan fingerprint density at radius 2 is 0.755 bits per heavy atom. The van der Waals surface area contributed by atoms with Gasteiger partial charge in [0.1, 0.15) is 82.8 Å². The van der Waals surface area contributed by atoms with E-state index in [0.29, 0.717) is 72.0 Å². The van der Waals surface area contributed by atoms with Crippen LogP contribution in [0.15, 0.2) is 146 Å². The summed E-state index contributed by atoms with van der Waals surface area (Å²) in [6.45, 7) is 16.2. The molecule has 3 saturated heterocycles. The van der Waals surface area contributed by atoms with Crippen molar-refractivity contribution in [3.63, 3.8) is 0 Å². The minimum absolute atomic E-state index is 0. The van der Waals surface area contributed by atoms with Gasteiger partial charge in [-0.05, 0) is 178 Å². The van der Waals surface area contributed by atoms with Crippen molar-refractivity contribution in [1.29, 1.82) is 0 Å². The second kappa shape index (κ2) is 51.7. The summed E-state index contributed by atoms with van der Waals surface area (Å²) in [7, 11) is 3.62. The average Bonchev–Trinajstić information content (AvgIpc) is 1.68. The standard InChI is InChI=1S/C24H28FNO5.C23H27FN2O4.C17H23NO5.C7H6BrF.CH3F.CH3NO.2CH4O.2CH3.2Na/c1-24(2,3)31-23(28)26-20(13-14-21(26)22(27)29-4)16-9-11-18(12-10-16)30-15-17-7-5-6-8-19(17)25;1-23(2,3)30-22(28)26-19(12-13-20(26)21(25)27)15-8-10-17(11-9-15)29-14-16-6-4-5-7-18(16)24;1-17(2,3)23-16(21)18-13(9-10-14(18)15(20)22-4)11-5-7-12(19)8-6-11;8-5-6-3-1-2-4-7(6)9;1-2;2-1-3;2*1-2;;;;/h5-12,20-21H,13-15H2,1-4H3;4-11,19-20H,12-14H2,1-3H3,(H2,25,27);5-8,13-14,19H,9-10H2,1-4H3;1-4H,5H2;1H3;1H,(H2,2,3);2*2H,1H3;2*1H3;;/q;;;;;;;;2*-1;2*+1/t20-,21+;19-,20+;13-,14+;;;;;;;;;/m111........./s1/i;;;;1D;;;;;;;. The first-order chi connectivity index (χ1) is 48.7. The Morgan fingerprint density at radius 1 is 0.500 bits per heavy atom. The van der Waals surface area contributed by atoms with Gasteiger partial charge in [0.15, 0.2) is 0 Å². The molecule has 0 aromatic heterocycles. The predicted octanol–water partition coefficient (Wildman–Crippen LogP) is 8.89. The summed E-state index contributed by atoms with van der Waals surface area (Å²) >= 11 is 3.17. The summed E-state index contributed by atoms with van der Waals surface area (Å²) in [6.07, 6.45) is 1.91. The quantitative estimate of drug-likeness (QED) is 0.0137. The van der Waals surface area contributed by atoms with E-state index in [4.69, 9.17) is 55.3 Å². The van der Waals surface area contributed by atoms with Crippen molar-refractivity contribution in [2.24, 2.45) is 11.5 Å². The van der Waals surface area contributed by atoms with Crippen LogP contribution in [-0.2, 0) is 61.4 Å². The van der Waals surface area contributed by atoms with Gasteiger partial charge in [0.2, 0.25) is 12.3 Å². The number of aliphatic hydroxyl groups excluding tert-OH is 2. The van der Waals surface area contributed by atoms with Gasteiger partial charge < -0.3 is 74.8 Å². The second-order valence-electron chi connectivity index (χ2n) is 25.3. The Kier molecular flexibility index (Phi) is 49.1. The fourth-order valence-corrected chi connectivity index (χ4v) is 11.0. The summed E-state index contributed by atoms with van der Waals surface area (Å²) in [5.74, 6) is -0.913. The van der Waals surface area contributed by atoms with Crippen LogP contribution in [0.3, 0.4) is 0 Å². The molecular formula is C77H104BrF4N5Na2O17. The van der Waals surface area contributed by atoms with Gasteiger partial charge in [0.05, 0.1) is 40.9 Å². The fourth-order valence-electron chi connectivity index (χ4n) is 10.6. The number of likely N-dealkylation sites (tertiary alicyclic amines) is 3. The summed E-state index contributed by atoms with van der Waals surface area (Å²) in [6, 6.07) is 37.7. The Bertz CT molecular complexity index is 3580. The first-order valence-corrected chi connectivity index (χ1v) is 33.3. The Labute approximate surface area is 676 Å². The summed E-state index contributed by atoms with van der Waals surface area (Å²) < 4.78 is 93.1. The van der Waals surface area contributed by atoms with Gasteiger partial charge in [-0.15, -0.1) is 0 Å². The molecule has 3 heterocycles. The predicted molar refractivity (Wildman–Crippen MR) is 393 cm³/mol. The van der Waals surface area contributed by atoms with Crippen LogP contribution in [0.4, 0.5) is 31.9 Å². The van der Waals surface area contributed by atoms with Crippen molar-refractivity contribution in [2.75, 3.05) is 35.6 Å². The molecule has 0 bridgehead atoms. The van der Waals surface area contributed by atoms with Crippen molar-refractivity contribution < 1.29 is 160 Å². The van der Waals surface area contributed by atoms with Crippen molar-refractivity contribution >= 4 is 58.5 Å². The maximum Gasteiger partial charge on any atom is 1.00 e. The molecule has 0 saturated carbocycles. The molecule has 0 aliphatic carbocycles. The fraction of sp³-hybridized carbons (Fsp3) is 0.416. The molecule has 7 N–H and O–H groups in total. The molecule has 29 heteroatoms. The van der Waals surface area contributed by atoms with Gasteiger partial charge in [-0.2, -0.15) is 0 Å². The third-order valence-electron chi connectivity index (χ3n) is 14.9. The van der Waals surface area contributed by atoms with Gasteiger partial charge in [-0.3, -0.25) is 28.7 Å². The number of primary amides is 2. The summed E-state index contributed by atoms with van der Waals surface area (Å²) in [5.41, 5.74) is 11.9. The number of amides is 5. The number of nitrogens with two attached hydrogens (primary N) is 2. The van der Waals surface area contributed by atoms with E-state index in [0.717, 1.165) is 30.9 Å². The van der Waals surface area contributed by atoms with Crippen LogP contribution >= 0.6 is 15.9 Å². The van der Waals surface area contributed by atoms with Crippen LogP contribution in [0.5, 0.6) is 17.2 Å². The summed E-state index contributed by atoms with van der Waals surface area (Å²) in [4.78, 5) is 87.3. The number of esters is 2. The molecule has 6 atom stereocenters.